The summed E-state index contributed by atoms with van der Waals surface area (Å²) in [4.78, 5) is 23.2. The summed E-state index contributed by atoms with van der Waals surface area (Å²) in [6, 6.07) is 8.46. The second-order valence-electron chi connectivity index (χ2n) is 3.27. The lowest BCUT2D eigenvalue weighted by Crippen LogP contribution is -2.48. The Kier molecular flexibility index (Phi) is 3.88. The molecule has 0 unspecified atom stereocenters. The summed E-state index contributed by atoms with van der Waals surface area (Å²) >= 11 is 0. The zero-order valence-corrected chi connectivity index (χ0v) is 9.60. The van der Waals surface area contributed by atoms with Crippen LogP contribution in [0.3, 0.4) is 0 Å². The SMILES string of the molecule is CNC(=O)N(C)N(C)C(=O)c1ccccc1. The molecule has 0 spiro atoms. The minimum Gasteiger partial charge on any atom is -0.340 e. The van der Waals surface area contributed by atoms with Crippen molar-refractivity contribution < 1.29 is 9.59 Å². The van der Waals surface area contributed by atoms with Crippen molar-refractivity contribution in [2.75, 3.05) is 21.1 Å². The number of benzene rings is 1. The monoisotopic (exact) mass is 221 g/mol. The average molecular weight is 221 g/mol. The molecule has 0 saturated carbocycles. The molecule has 0 aliphatic heterocycles. The molecule has 0 bridgehead atoms. The number of hydrazine groups is 1. The highest BCUT2D eigenvalue weighted by molar-refractivity contribution is 5.95. The first-order valence-electron chi connectivity index (χ1n) is 4.86. The van der Waals surface area contributed by atoms with E-state index in [1.807, 2.05) is 6.07 Å². The zero-order valence-electron chi connectivity index (χ0n) is 9.60. The third kappa shape index (κ3) is 2.50. The van der Waals surface area contributed by atoms with Crippen LogP contribution in [0, 0.1) is 0 Å². The van der Waals surface area contributed by atoms with E-state index in [4.69, 9.17) is 0 Å². The van der Waals surface area contributed by atoms with E-state index in [0.29, 0.717) is 5.56 Å². The van der Waals surface area contributed by atoms with E-state index in [0.717, 1.165) is 0 Å². The van der Waals surface area contributed by atoms with Crippen LogP contribution in [0.15, 0.2) is 30.3 Å². The van der Waals surface area contributed by atoms with Gasteiger partial charge < -0.3 is 5.32 Å². The normalized spacial score (nSPS) is 9.44. The van der Waals surface area contributed by atoms with Gasteiger partial charge in [-0.2, -0.15) is 0 Å². The first-order chi connectivity index (χ1) is 7.57. The van der Waals surface area contributed by atoms with E-state index in [2.05, 4.69) is 5.32 Å². The molecule has 1 rings (SSSR count). The minimum absolute atomic E-state index is 0.230. The Morgan fingerprint density at radius 2 is 1.62 bits per heavy atom. The van der Waals surface area contributed by atoms with Gasteiger partial charge in [0, 0.05) is 26.7 Å². The Bertz CT molecular complexity index is 378. The molecular weight excluding hydrogens is 206 g/mol. The maximum absolute atomic E-state index is 11.9. The molecule has 0 radical (unpaired) electrons. The molecule has 0 fully saturated rings. The lowest BCUT2D eigenvalue weighted by atomic mass is 10.2. The molecular formula is C11H15N3O2. The standard InChI is InChI=1S/C11H15N3O2/c1-12-11(16)14(3)13(2)10(15)9-7-5-4-6-8-9/h4-8H,1-3H3,(H,12,16). The molecule has 0 heterocycles. The second-order valence-corrected chi connectivity index (χ2v) is 3.27. The third-order valence-electron chi connectivity index (χ3n) is 2.27. The fourth-order valence-electron chi connectivity index (χ4n) is 1.20. The maximum atomic E-state index is 11.9. The average Bonchev–Trinajstić information content (AvgIpc) is 2.36. The summed E-state index contributed by atoms with van der Waals surface area (Å²) in [5, 5.41) is 4.92. The number of hydrogen-bond donors (Lipinski definition) is 1. The quantitative estimate of drug-likeness (QED) is 0.718. The molecule has 86 valence electrons. The van der Waals surface area contributed by atoms with Gasteiger partial charge in [-0.3, -0.25) is 4.79 Å². The number of carbonyl (C=O) groups excluding carboxylic acids is 2. The third-order valence-corrected chi connectivity index (χ3v) is 2.27. The van der Waals surface area contributed by atoms with Crippen molar-refractivity contribution in [2.24, 2.45) is 0 Å². The van der Waals surface area contributed by atoms with E-state index >= 15 is 0 Å². The van der Waals surface area contributed by atoms with Gasteiger partial charge >= 0.3 is 6.03 Å². The van der Waals surface area contributed by atoms with E-state index in [9.17, 15) is 9.59 Å². The Morgan fingerprint density at radius 1 is 1.06 bits per heavy atom. The van der Waals surface area contributed by atoms with Gasteiger partial charge in [-0.1, -0.05) is 18.2 Å². The van der Waals surface area contributed by atoms with E-state index in [1.54, 1.807) is 31.3 Å². The molecule has 3 amide bonds. The molecule has 1 N–H and O–H groups in total. The summed E-state index contributed by atoms with van der Waals surface area (Å²) in [5.41, 5.74) is 0.542. The van der Waals surface area contributed by atoms with E-state index in [1.165, 1.54) is 24.1 Å². The van der Waals surface area contributed by atoms with Crippen molar-refractivity contribution in [3.63, 3.8) is 0 Å². The fourth-order valence-corrected chi connectivity index (χ4v) is 1.20. The molecule has 0 atom stereocenters. The van der Waals surface area contributed by atoms with Crippen LogP contribution in [0.2, 0.25) is 0 Å². The molecule has 0 saturated heterocycles. The van der Waals surface area contributed by atoms with E-state index in [-0.39, 0.29) is 11.9 Å². The highest BCUT2D eigenvalue weighted by Crippen LogP contribution is 2.04. The zero-order chi connectivity index (χ0) is 12.1. The Morgan fingerprint density at radius 3 is 2.12 bits per heavy atom. The number of hydrogen-bond acceptors (Lipinski definition) is 2. The lowest BCUT2D eigenvalue weighted by Gasteiger charge is -2.27. The number of urea groups is 1. The van der Waals surface area contributed by atoms with Crippen LogP contribution in [-0.4, -0.2) is 43.1 Å². The van der Waals surface area contributed by atoms with Crippen molar-refractivity contribution in [2.45, 2.75) is 0 Å². The van der Waals surface area contributed by atoms with Gasteiger partial charge in [0.1, 0.15) is 0 Å². The highest BCUT2D eigenvalue weighted by atomic mass is 16.2. The van der Waals surface area contributed by atoms with Gasteiger partial charge in [-0.25, -0.2) is 14.8 Å². The van der Waals surface area contributed by atoms with Crippen molar-refractivity contribution in [1.29, 1.82) is 0 Å². The first-order valence-corrected chi connectivity index (χ1v) is 4.86. The van der Waals surface area contributed by atoms with Crippen LogP contribution < -0.4 is 5.32 Å². The number of nitrogens with one attached hydrogen (secondary N) is 1. The summed E-state index contributed by atoms with van der Waals surface area (Å²) in [7, 11) is 4.59. The molecule has 1 aromatic carbocycles. The van der Waals surface area contributed by atoms with E-state index < -0.39 is 0 Å². The number of carbonyl (C=O) groups is 2. The van der Waals surface area contributed by atoms with Crippen molar-refractivity contribution >= 4 is 11.9 Å². The molecule has 1 aromatic rings. The van der Waals surface area contributed by atoms with Crippen LogP contribution in [0.1, 0.15) is 10.4 Å². The summed E-state index contributed by atoms with van der Waals surface area (Å²) in [6.07, 6.45) is 0. The second kappa shape index (κ2) is 5.16. The Hall–Kier alpha value is -2.04. The largest absolute Gasteiger partial charge is 0.340 e. The van der Waals surface area contributed by atoms with Crippen molar-refractivity contribution in [3.8, 4) is 0 Å². The van der Waals surface area contributed by atoms with Crippen LogP contribution in [-0.2, 0) is 0 Å². The van der Waals surface area contributed by atoms with Crippen LogP contribution >= 0.6 is 0 Å². The van der Waals surface area contributed by atoms with Crippen LogP contribution in [0.5, 0.6) is 0 Å². The molecule has 5 heteroatoms. The summed E-state index contributed by atoms with van der Waals surface area (Å²) < 4.78 is 0. The molecule has 0 aliphatic carbocycles. The number of nitrogens with zero attached hydrogens (tertiary/aromatic N) is 2. The topological polar surface area (TPSA) is 52.7 Å². The predicted molar refractivity (Wildman–Crippen MR) is 60.8 cm³/mol. The summed E-state index contributed by atoms with van der Waals surface area (Å²) in [6.45, 7) is 0. The fraction of sp³-hybridized carbons (Fsp3) is 0.273. The predicted octanol–water partition coefficient (Wildman–Crippen LogP) is 0.945. The molecule has 0 aromatic heterocycles. The van der Waals surface area contributed by atoms with Crippen molar-refractivity contribution in [3.05, 3.63) is 35.9 Å². The smallest absolute Gasteiger partial charge is 0.335 e. The minimum atomic E-state index is -0.341. The van der Waals surface area contributed by atoms with Gasteiger partial charge in [0.05, 0.1) is 0 Å². The number of rotatable bonds is 1. The van der Waals surface area contributed by atoms with Gasteiger partial charge in [-0.05, 0) is 12.1 Å². The van der Waals surface area contributed by atoms with Gasteiger partial charge in [0.25, 0.3) is 5.91 Å². The van der Waals surface area contributed by atoms with Gasteiger partial charge in [0.2, 0.25) is 0 Å². The van der Waals surface area contributed by atoms with Gasteiger partial charge in [0.15, 0.2) is 0 Å². The first kappa shape index (κ1) is 12.0. The van der Waals surface area contributed by atoms with Crippen molar-refractivity contribution in [1.82, 2.24) is 15.3 Å². The van der Waals surface area contributed by atoms with Crippen LogP contribution in [0.25, 0.3) is 0 Å². The maximum Gasteiger partial charge on any atom is 0.335 e. The van der Waals surface area contributed by atoms with Gasteiger partial charge in [-0.15, -0.1) is 0 Å². The molecule has 5 nitrogen and oxygen atoms in total. The number of amides is 3. The summed E-state index contributed by atoms with van der Waals surface area (Å²) in [5.74, 6) is -0.230. The molecule has 0 aliphatic rings. The Balaban J connectivity index is 2.79. The lowest BCUT2D eigenvalue weighted by molar-refractivity contribution is 0.0381. The highest BCUT2D eigenvalue weighted by Gasteiger charge is 2.18. The van der Waals surface area contributed by atoms with Crippen LogP contribution in [0.4, 0.5) is 4.79 Å². The Labute approximate surface area is 94.6 Å². The molecule has 16 heavy (non-hydrogen) atoms.